The summed E-state index contributed by atoms with van der Waals surface area (Å²) in [6.07, 6.45) is 0.206. The van der Waals surface area contributed by atoms with Gasteiger partial charge in [-0.1, -0.05) is 56.7 Å². The van der Waals surface area contributed by atoms with E-state index in [2.05, 4.69) is 15.5 Å². The fourth-order valence-electron chi connectivity index (χ4n) is 4.87. The van der Waals surface area contributed by atoms with Crippen LogP contribution in [0.4, 0.5) is 11.4 Å². The Balaban J connectivity index is 1.56. The highest BCUT2D eigenvalue weighted by atomic mass is 32.1. The van der Waals surface area contributed by atoms with E-state index in [0.29, 0.717) is 54.3 Å². The summed E-state index contributed by atoms with van der Waals surface area (Å²) < 4.78 is 0. The van der Waals surface area contributed by atoms with E-state index in [1.807, 2.05) is 62.2 Å². The normalized spacial score (nSPS) is 14.3. The number of hydrogen-bond donors (Lipinski definition) is 3. The monoisotopic (exact) mass is 590 g/mol. The van der Waals surface area contributed by atoms with E-state index < -0.39 is 17.9 Å². The van der Waals surface area contributed by atoms with Crippen LogP contribution < -0.4 is 15.5 Å². The maximum absolute atomic E-state index is 13.4. The van der Waals surface area contributed by atoms with E-state index in [1.54, 1.807) is 30.3 Å². The molecular formula is C32H38N4O5S. The van der Waals surface area contributed by atoms with Crippen molar-refractivity contribution in [3.8, 4) is 0 Å². The van der Waals surface area contributed by atoms with Crippen molar-refractivity contribution in [2.75, 3.05) is 36.4 Å². The summed E-state index contributed by atoms with van der Waals surface area (Å²) in [7, 11) is 0. The highest BCUT2D eigenvalue weighted by Crippen LogP contribution is 2.30. The number of aryl methyl sites for hydroxylation is 1. The van der Waals surface area contributed by atoms with Crippen LogP contribution in [0.15, 0.2) is 60.0 Å². The lowest BCUT2D eigenvalue weighted by atomic mass is 9.91. The number of nitrogens with one attached hydrogen (secondary N) is 2. The molecule has 1 unspecified atom stereocenters. The average Bonchev–Trinajstić information content (AvgIpc) is 3.47. The van der Waals surface area contributed by atoms with Gasteiger partial charge in [-0.25, -0.2) is 0 Å². The number of carbonyl (C=O) groups is 4. The molecule has 0 saturated carbocycles. The second kappa shape index (κ2) is 13.2. The number of carbonyl (C=O) groups excluding carboxylic acids is 3. The number of anilines is 2. The number of thiophene rings is 1. The van der Waals surface area contributed by atoms with Gasteiger partial charge in [0.25, 0.3) is 11.8 Å². The highest BCUT2D eigenvalue weighted by Gasteiger charge is 2.27. The Morgan fingerprint density at radius 2 is 1.64 bits per heavy atom. The zero-order chi connectivity index (χ0) is 30.4. The van der Waals surface area contributed by atoms with Gasteiger partial charge >= 0.3 is 5.97 Å². The average molecular weight is 591 g/mol. The lowest BCUT2D eigenvalue weighted by Crippen LogP contribution is -2.49. The number of amides is 3. The molecule has 3 N–H and O–H groups in total. The number of aliphatic carboxylic acids is 1. The van der Waals surface area contributed by atoms with Gasteiger partial charge in [0.05, 0.1) is 28.7 Å². The fraction of sp³-hybridized carbons (Fsp3) is 0.375. The van der Waals surface area contributed by atoms with Gasteiger partial charge in [0.15, 0.2) is 0 Å². The van der Waals surface area contributed by atoms with Crippen molar-refractivity contribution in [1.82, 2.24) is 10.2 Å². The summed E-state index contributed by atoms with van der Waals surface area (Å²) in [6, 6.07) is 15.3. The Morgan fingerprint density at radius 3 is 2.24 bits per heavy atom. The Bertz CT molecular complexity index is 1420. The summed E-state index contributed by atoms with van der Waals surface area (Å²) in [5.74, 6) is -1.63. The molecule has 1 fully saturated rings. The van der Waals surface area contributed by atoms with Gasteiger partial charge in [-0.3, -0.25) is 19.2 Å². The first kappa shape index (κ1) is 30.8. The van der Waals surface area contributed by atoms with Gasteiger partial charge in [0.1, 0.15) is 0 Å². The minimum atomic E-state index is -1.03. The van der Waals surface area contributed by atoms with Gasteiger partial charge in [0.2, 0.25) is 5.91 Å². The van der Waals surface area contributed by atoms with Crippen molar-refractivity contribution in [2.24, 2.45) is 5.41 Å². The summed E-state index contributed by atoms with van der Waals surface area (Å²) in [5.41, 5.74) is 3.15. The molecule has 0 radical (unpaired) electrons. The molecule has 1 atom stereocenters. The lowest BCUT2D eigenvalue weighted by Gasteiger charge is -2.38. The third-order valence-electron chi connectivity index (χ3n) is 7.07. The minimum absolute atomic E-state index is 0.0905. The SMILES string of the molecule is Cc1ccc(C(CC(=O)O)NC(=O)c2ccc(N3CCN(C(=O)CC(C)(C)C)CC3)c(NC(=O)c3cccs3)c2)cc1. The van der Waals surface area contributed by atoms with Crippen molar-refractivity contribution >= 4 is 46.4 Å². The van der Waals surface area contributed by atoms with Crippen molar-refractivity contribution in [1.29, 1.82) is 0 Å². The predicted octanol–water partition coefficient (Wildman–Crippen LogP) is 5.34. The number of carboxylic acid groups (broad SMARTS) is 1. The Morgan fingerprint density at radius 1 is 0.952 bits per heavy atom. The molecule has 0 spiro atoms. The third-order valence-corrected chi connectivity index (χ3v) is 7.94. The zero-order valence-electron chi connectivity index (χ0n) is 24.5. The Hall–Kier alpha value is -4.18. The quantitative estimate of drug-likeness (QED) is 0.310. The van der Waals surface area contributed by atoms with Crippen LogP contribution in [0, 0.1) is 12.3 Å². The molecule has 1 aromatic heterocycles. The first-order chi connectivity index (χ1) is 19.9. The first-order valence-electron chi connectivity index (χ1n) is 14.0. The third kappa shape index (κ3) is 8.19. The molecule has 3 aromatic rings. The second-order valence-corrected chi connectivity index (χ2v) is 12.8. The van der Waals surface area contributed by atoms with Crippen LogP contribution in [-0.2, 0) is 9.59 Å². The van der Waals surface area contributed by atoms with E-state index in [1.165, 1.54) is 11.3 Å². The molecule has 2 heterocycles. The molecule has 222 valence electrons. The van der Waals surface area contributed by atoms with Gasteiger partial charge in [-0.2, -0.15) is 0 Å². The standard InChI is InChI=1S/C32H38N4O5S/c1-21-7-9-22(10-8-21)24(19-29(38)39)33-30(40)23-11-12-26(25(18-23)34-31(41)27-6-5-17-42-27)35-13-15-36(16-14-35)28(37)20-32(2,3)4/h5-12,17-18,24H,13-16,19-20H2,1-4H3,(H,33,40)(H,34,41)(H,38,39). The van der Waals surface area contributed by atoms with E-state index in [4.69, 9.17) is 0 Å². The summed E-state index contributed by atoms with van der Waals surface area (Å²) in [4.78, 5) is 55.3. The molecule has 0 aliphatic carbocycles. The zero-order valence-corrected chi connectivity index (χ0v) is 25.3. The summed E-state index contributed by atoms with van der Waals surface area (Å²) in [6.45, 7) is 10.4. The molecular weight excluding hydrogens is 552 g/mol. The van der Waals surface area contributed by atoms with Crippen LogP contribution in [0.25, 0.3) is 0 Å². The van der Waals surface area contributed by atoms with Crippen LogP contribution in [0.2, 0.25) is 0 Å². The molecule has 42 heavy (non-hydrogen) atoms. The first-order valence-corrected chi connectivity index (χ1v) is 14.9. The molecule has 3 amide bonds. The van der Waals surface area contributed by atoms with Crippen molar-refractivity contribution in [2.45, 2.75) is 46.6 Å². The van der Waals surface area contributed by atoms with Gasteiger partial charge in [-0.15, -0.1) is 11.3 Å². The van der Waals surface area contributed by atoms with Crippen molar-refractivity contribution < 1.29 is 24.3 Å². The lowest BCUT2D eigenvalue weighted by molar-refractivity contribution is -0.137. The fourth-order valence-corrected chi connectivity index (χ4v) is 5.49. The van der Waals surface area contributed by atoms with Crippen LogP contribution in [0.1, 0.15) is 70.8 Å². The van der Waals surface area contributed by atoms with E-state index in [0.717, 1.165) is 11.3 Å². The maximum Gasteiger partial charge on any atom is 0.305 e. The number of rotatable bonds is 9. The Kier molecular flexibility index (Phi) is 9.67. The molecule has 10 heteroatoms. The highest BCUT2D eigenvalue weighted by molar-refractivity contribution is 7.12. The second-order valence-electron chi connectivity index (χ2n) is 11.8. The smallest absolute Gasteiger partial charge is 0.305 e. The topological polar surface area (TPSA) is 119 Å². The summed E-state index contributed by atoms with van der Waals surface area (Å²) >= 11 is 1.32. The molecule has 1 aliphatic heterocycles. The number of carboxylic acids is 1. The van der Waals surface area contributed by atoms with Crippen molar-refractivity contribution in [3.05, 3.63) is 81.5 Å². The molecule has 0 bridgehead atoms. The van der Waals surface area contributed by atoms with E-state index in [9.17, 15) is 24.3 Å². The van der Waals surface area contributed by atoms with Crippen LogP contribution in [0.3, 0.4) is 0 Å². The molecule has 9 nitrogen and oxygen atoms in total. The van der Waals surface area contributed by atoms with Gasteiger partial charge < -0.3 is 25.5 Å². The van der Waals surface area contributed by atoms with Gasteiger partial charge in [0, 0.05) is 38.2 Å². The number of piperazine rings is 1. The van der Waals surface area contributed by atoms with Crippen LogP contribution in [0.5, 0.6) is 0 Å². The Labute approximate surface area is 250 Å². The summed E-state index contributed by atoms with van der Waals surface area (Å²) in [5, 5.41) is 17.1. The van der Waals surface area contributed by atoms with Crippen molar-refractivity contribution in [3.63, 3.8) is 0 Å². The van der Waals surface area contributed by atoms with Gasteiger partial charge in [-0.05, 0) is 47.5 Å². The predicted molar refractivity (Wildman–Crippen MR) is 165 cm³/mol. The van der Waals surface area contributed by atoms with E-state index in [-0.39, 0.29) is 23.7 Å². The number of benzene rings is 2. The van der Waals surface area contributed by atoms with E-state index >= 15 is 0 Å². The molecule has 1 saturated heterocycles. The molecule has 2 aromatic carbocycles. The largest absolute Gasteiger partial charge is 0.481 e. The molecule has 1 aliphatic rings. The van der Waals surface area contributed by atoms with Crippen LogP contribution in [-0.4, -0.2) is 59.9 Å². The molecule has 4 rings (SSSR count). The number of nitrogens with zero attached hydrogens (tertiary/aromatic N) is 2. The number of hydrogen-bond acceptors (Lipinski definition) is 6. The van der Waals surface area contributed by atoms with Crippen LogP contribution >= 0.6 is 11.3 Å². The maximum atomic E-state index is 13.4. The minimum Gasteiger partial charge on any atom is -0.481 e.